The minimum absolute atomic E-state index is 0.0243. The van der Waals surface area contributed by atoms with Gasteiger partial charge in [0.1, 0.15) is 12.4 Å². The Morgan fingerprint density at radius 3 is 2.23 bits per heavy atom. The summed E-state index contributed by atoms with van der Waals surface area (Å²) in [6.07, 6.45) is 1.80. The number of carbonyl (C=O) groups excluding carboxylic acids is 1. The number of hydrogen-bond acceptors (Lipinski definition) is 7. The van der Waals surface area contributed by atoms with Gasteiger partial charge in [-0.3, -0.25) is 9.52 Å². The van der Waals surface area contributed by atoms with Crippen molar-refractivity contribution in [1.82, 2.24) is 5.32 Å². The standard InChI is InChI=1S/C34H48N2O6SSi/c1-25(19-27-15-12-16-28(20-27)21-33(37)40-5)35-23-32(42-44(7,8)34(2,3)4)29-17-18-31(30(22-29)36-43(6,38)39)41-24-26-13-10-9-11-14-26/h9-18,20,22,25,32,35-36H,19,21,23-24H2,1-8H3/t25-,32-/m1/s1. The predicted molar refractivity (Wildman–Crippen MR) is 180 cm³/mol. The van der Waals surface area contributed by atoms with Crippen LogP contribution in [0.4, 0.5) is 5.69 Å². The van der Waals surface area contributed by atoms with E-state index in [2.05, 4.69) is 56.9 Å². The van der Waals surface area contributed by atoms with E-state index in [1.807, 2.05) is 66.7 Å². The van der Waals surface area contributed by atoms with Gasteiger partial charge in [-0.05, 0) is 65.9 Å². The molecule has 0 radical (unpaired) electrons. The molecule has 2 N–H and O–H groups in total. The molecule has 3 aromatic carbocycles. The van der Waals surface area contributed by atoms with E-state index in [0.717, 1.165) is 34.9 Å². The highest BCUT2D eigenvalue weighted by atomic mass is 32.2. The summed E-state index contributed by atoms with van der Waals surface area (Å²) >= 11 is 0. The minimum Gasteiger partial charge on any atom is -0.487 e. The third kappa shape index (κ3) is 11.1. The van der Waals surface area contributed by atoms with Crippen molar-refractivity contribution >= 4 is 30.0 Å². The van der Waals surface area contributed by atoms with Gasteiger partial charge >= 0.3 is 5.97 Å². The summed E-state index contributed by atoms with van der Waals surface area (Å²) in [6, 6.07) is 23.4. The smallest absolute Gasteiger partial charge is 0.309 e. The van der Waals surface area contributed by atoms with Crippen molar-refractivity contribution < 1.29 is 27.1 Å². The zero-order chi connectivity index (χ0) is 32.5. The van der Waals surface area contributed by atoms with Gasteiger partial charge in [0, 0.05) is 12.6 Å². The van der Waals surface area contributed by atoms with E-state index in [0.29, 0.717) is 24.6 Å². The van der Waals surface area contributed by atoms with Crippen molar-refractivity contribution in [3.05, 3.63) is 95.1 Å². The van der Waals surface area contributed by atoms with Crippen LogP contribution >= 0.6 is 0 Å². The summed E-state index contributed by atoms with van der Waals surface area (Å²) in [5.74, 6) is 0.183. The molecule has 0 aliphatic carbocycles. The second kappa shape index (κ2) is 15.2. The average Bonchev–Trinajstić information content (AvgIpc) is 2.93. The Labute approximate surface area is 264 Å². The van der Waals surface area contributed by atoms with Crippen LogP contribution < -0.4 is 14.8 Å². The first-order valence-corrected chi connectivity index (χ1v) is 19.7. The van der Waals surface area contributed by atoms with E-state index >= 15 is 0 Å². The van der Waals surface area contributed by atoms with Crippen molar-refractivity contribution in [3.63, 3.8) is 0 Å². The molecule has 8 nitrogen and oxygen atoms in total. The number of hydrogen-bond donors (Lipinski definition) is 2. The summed E-state index contributed by atoms with van der Waals surface area (Å²) < 4.78 is 45.1. The van der Waals surface area contributed by atoms with Crippen molar-refractivity contribution in [2.45, 2.75) is 77.4 Å². The molecule has 0 heterocycles. The van der Waals surface area contributed by atoms with Crippen LogP contribution in [0.25, 0.3) is 0 Å². The van der Waals surface area contributed by atoms with Crippen LogP contribution in [0.3, 0.4) is 0 Å². The van der Waals surface area contributed by atoms with E-state index in [4.69, 9.17) is 13.9 Å². The maximum absolute atomic E-state index is 12.3. The molecule has 0 aliphatic rings. The highest BCUT2D eigenvalue weighted by Crippen LogP contribution is 2.40. The fourth-order valence-corrected chi connectivity index (χ4v) is 6.33. The first kappa shape index (κ1) is 35.3. The maximum Gasteiger partial charge on any atom is 0.309 e. The van der Waals surface area contributed by atoms with E-state index in [1.54, 1.807) is 0 Å². The first-order chi connectivity index (χ1) is 20.6. The number of carbonyl (C=O) groups is 1. The number of rotatable bonds is 15. The summed E-state index contributed by atoms with van der Waals surface area (Å²) in [4.78, 5) is 11.7. The van der Waals surface area contributed by atoms with Gasteiger partial charge in [0.15, 0.2) is 8.32 Å². The Morgan fingerprint density at radius 1 is 0.932 bits per heavy atom. The number of methoxy groups -OCH3 is 1. The normalized spacial score (nSPS) is 13.6. The Morgan fingerprint density at radius 2 is 1.59 bits per heavy atom. The van der Waals surface area contributed by atoms with Gasteiger partial charge < -0.3 is 19.2 Å². The molecule has 0 saturated heterocycles. The molecular formula is C34H48N2O6SSi. The molecule has 240 valence electrons. The summed E-state index contributed by atoms with van der Waals surface area (Å²) in [7, 11) is -4.38. The molecule has 3 aromatic rings. The Kier molecular flexibility index (Phi) is 12.2. The molecule has 0 amide bonds. The lowest BCUT2D eigenvalue weighted by molar-refractivity contribution is -0.139. The van der Waals surface area contributed by atoms with E-state index in [-0.39, 0.29) is 29.6 Å². The molecular weight excluding hydrogens is 593 g/mol. The van der Waals surface area contributed by atoms with Crippen LogP contribution in [0.1, 0.15) is 56.1 Å². The molecule has 3 rings (SSSR count). The molecule has 0 unspecified atom stereocenters. The van der Waals surface area contributed by atoms with Crippen LogP contribution in [0.15, 0.2) is 72.8 Å². The Hall–Kier alpha value is -3.18. The molecule has 0 aliphatic heterocycles. The fourth-order valence-electron chi connectivity index (χ4n) is 4.49. The highest BCUT2D eigenvalue weighted by molar-refractivity contribution is 7.92. The second-order valence-corrected chi connectivity index (χ2v) is 19.4. The molecule has 0 spiro atoms. The second-order valence-electron chi connectivity index (χ2n) is 12.9. The van der Waals surface area contributed by atoms with Gasteiger partial charge in [-0.1, -0.05) is 81.4 Å². The van der Waals surface area contributed by atoms with Gasteiger partial charge in [-0.15, -0.1) is 0 Å². The van der Waals surface area contributed by atoms with Crippen molar-refractivity contribution in [2.24, 2.45) is 0 Å². The number of nitrogens with one attached hydrogen (secondary N) is 2. The third-order valence-electron chi connectivity index (χ3n) is 7.91. The first-order valence-electron chi connectivity index (χ1n) is 14.9. The molecule has 0 bridgehead atoms. The monoisotopic (exact) mass is 640 g/mol. The fraction of sp³-hybridized carbons (Fsp3) is 0.441. The molecule has 0 fully saturated rings. The Bertz CT molecular complexity index is 1490. The molecule has 0 aromatic heterocycles. The molecule has 2 atom stereocenters. The zero-order valence-electron chi connectivity index (χ0n) is 27.3. The molecule has 10 heteroatoms. The maximum atomic E-state index is 12.3. The number of esters is 1. The number of benzene rings is 3. The van der Waals surface area contributed by atoms with Gasteiger partial charge in [0.2, 0.25) is 10.0 Å². The quantitative estimate of drug-likeness (QED) is 0.142. The highest BCUT2D eigenvalue weighted by Gasteiger charge is 2.39. The lowest BCUT2D eigenvalue weighted by Crippen LogP contribution is -2.44. The van der Waals surface area contributed by atoms with Gasteiger partial charge in [0.25, 0.3) is 0 Å². The summed E-state index contributed by atoms with van der Waals surface area (Å²) in [5.41, 5.74) is 4.25. The lowest BCUT2D eigenvalue weighted by Gasteiger charge is -2.40. The molecule has 0 saturated carbocycles. The molecule has 44 heavy (non-hydrogen) atoms. The SMILES string of the molecule is COC(=O)Cc1cccc(C[C@@H](C)NC[C@@H](O[Si](C)(C)C(C)(C)C)c2ccc(OCc3ccccc3)c(NS(C)(=O)=O)c2)c1. The third-order valence-corrected chi connectivity index (χ3v) is 13.0. The minimum atomic E-state index is -3.56. The number of sulfonamides is 1. The van der Waals surface area contributed by atoms with Gasteiger partial charge in [-0.2, -0.15) is 0 Å². The summed E-state index contributed by atoms with van der Waals surface area (Å²) in [6.45, 7) is 14.0. The lowest BCUT2D eigenvalue weighted by atomic mass is 10.0. The predicted octanol–water partition coefficient (Wildman–Crippen LogP) is 6.64. The van der Waals surface area contributed by atoms with Crippen LogP contribution in [-0.2, 0) is 43.4 Å². The van der Waals surface area contributed by atoms with Gasteiger partial charge in [-0.25, -0.2) is 8.42 Å². The largest absolute Gasteiger partial charge is 0.487 e. The summed E-state index contributed by atoms with van der Waals surface area (Å²) in [5, 5.41) is 3.62. The van der Waals surface area contributed by atoms with Crippen molar-refractivity contribution in [3.8, 4) is 5.75 Å². The van der Waals surface area contributed by atoms with E-state index in [1.165, 1.54) is 7.11 Å². The van der Waals surface area contributed by atoms with Crippen LogP contribution in [0.5, 0.6) is 5.75 Å². The van der Waals surface area contributed by atoms with E-state index in [9.17, 15) is 13.2 Å². The zero-order valence-corrected chi connectivity index (χ0v) is 29.1. The number of ether oxygens (including phenoxy) is 2. The van der Waals surface area contributed by atoms with Crippen LogP contribution in [0.2, 0.25) is 18.1 Å². The van der Waals surface area contributed by atoms with Crippen molar-refractivity contribution in [1.29, 1.82) is 0 Å². The van der Waals surface area contributed by atoms with Gasteiger partial charge in [0.05, 0.1) is 31.6 Å². The topological polar surface area (TPSA) is 103 Å². The number of anilines is 1. The van der Waals surface area contributed by atoms with Crippen molar-refractivity contribution in [2.75, 3.05) is 24.6 Å². The van der Waals surface area contributed by atoms with Crippen LogP contribution in [-0.4, -0.2) is 48.7 Å². The van der Waals surface area contributed by atoms with E-state index < -0.39 is 18.3 Å². The average molecular weight is 641 g/mol. The van der Waals surface area contributed by atoms with Crippen LogP contribution in [0, 0.1) is 0 Å². The Balaban J connectivity index is 1.85.